The number of carbonyl (C=O) groups is 1. The number of amides is 1. The van der Waals surface area contributed by atoms with Crippen molar-refractivity contribution in [3.8, 4) is 0 Å². The summed E-state index contributed by atoms with van der Waals surface area (Å²) in [5.41, 5.74) is 0.995. The van der Waals surface area contributed by atoms with Crippen molar-refractivity contribution in [2.24, 2.45) is 0 Å². The molecule has 0 unspecified atom stereocenters. The highest BCUT2D eigenvalue weighted by Gasteiger charge is 2.39. The van der Waals surface area contributed by atoms with Crippen LogP contribution in [-0.2, 0) is 33.3 Å². The Kier molecular flexibility index (Phi) is 11.7. The molecule has 1 N–H and O–H groups in total. The van der Waals surface area contributed by atoms with Crippen LogP contribution < -0.4 is 21.1 Å². The Bertz CT molecular complexity index is 2230. The smallest absolute Gasteiger partial charge is 0.253 e. The van der Waals surface area contributed by atoms with E-state index >= 15 is 0 Å². The van der Waals surface area contributed by atoms with Gasteiger partial charge in [-0.3, -0.25) is 14.4 Å². The highest BCUT2D eigenvalue weighted by molar-refractivity contribution is 7.89. The molecule has 0 radical (unpaired) electrons. The maximum absolute atomic E-state index is 15.0. The molecular formula is C38H40F6N4O5S. The Labute approximate surface area is 308 Å². The van der Waals surface area contributed by atoms with Crippen molar-refractivity contribution in [3.05, 3.63) is 120 Å². The van der Waals surface area contributed by atoms with E-state index in [0.29, 0.717) is 11.5 Å². The predicted molar refractivity (Wildman–Crippen MR) is 192 cm³/mol. The molecule has 1 amide bonds. The zero-order valence-electron chi connectivity index (χ0n) is 30.3. The second-order valence-electron chi connectivity index (χ2n) is 14.6. The maximum atomic E-state index is 15.0. The van der Waals surface area contributed by atoms with Crippen molar-refractivity contribution < 1.29 is 39.6 Å². The van der Waals surface area contributed by atoms with E-state index in [1.807, 2.05) is 32.9 Å². The van der Waals surface area contributed by atoms with E-state index in [2.05, 4.69) is 11.4 Å². The highest BCUT2D eigenvalue weighted by Crippen LogP contribution is 2.42. The Morgan fingerprint density at radius 1 is 0.852 bits per heavy atom. The third-order valence-corrected chi connectivity index (χ3v) is 11.1. The van der Waals surface area contributed by atoms with E-state index < -0.39 is 79.7 Å². The van der Waals surface area contributed by atoms with Gasteiger partial charge in [-0.2, -0.15) is 4.31 Å². The van der Waals surface area contributed by atoms with Crippen LogP contribution >= 0.6 is 0 Å². The highest BCUT2D eigenvalue weighted by atomic mass is 32.2. The Morgan fingerprint density at radius 3 is 2.04 bits per heavy atom. The van der Waals surface area contributed by atoms with Gasteiger partial charge in [0.15, 0.2) is 28.2 Å². The SMILES string of the molecule is CN(C)c1c(NCCCN(Cc2cc(C3CC3)cc(C(C)(C)C)c2)C(=O)CN(Cc2ccccc2F)S(=O)(=O)c2c(F)c(F)c(F)c(F)c2F)c(=O)c1=O. The first kappa shape index (κ1) is 40.5. The monoisotopic (exact) mass is 778 g/mol. The molecule has 5 rings (SSSR count). The molecule has 290 valence electrons. The predicted octanol–water partition coefficient (Wildman–Crippen LogP) is 6.08. The number of rotatable bonds is 15. The van der Waals surface area contributed by atoms with Gasteiger partial charge >= 0.3 is 0 Å². The van der Waals surface area contributed by atoms with E-state index in [9.17, 15) is 49.1 Å². The molecule has 4 aromatic rings. The van der Waals surface area contributed by atoms with Crippen LogP contribution in [0.25, 0.3) is 0 Å². The number of hydrogen-bond donors (Lipinski definition) is 1. The lowest BCUT2D eigenvalue weighted by molar-refractivity contribution is -0.132. The van der Waals surface area contributed by atoms with E-state index in [0.717, 1.165) is 36.1 Å². The first-order valence-electron chi connectivity index (χ1n) is 17.2. The summed E-state index contributed by atoms with van der Waals surface area (Å²) in [6.45, 7) is 3.81. The van der Waals surface area contributed by atoms with Crippen LogP contribution in [0, 0.1) is 34.9 Å². The summed E-state index contributed by atoms with van der Waals surface area (Å²) in [4.78, 5) is 39.0. The van der Waals surface area contributed by atoms with Crippen LogP contribution in [0.1, 0.15) is 68.2 Å². The molecule has 1 aliphatic carbocycles. The summed E-state index contributed by atoms with van der Waals surface area (Å²) in [5.74, 6) is -14.4. The van der Waals surface area contributed by atoms with E-state index in [1.54, 1.807) is 14.1 Å². The minimum Gasteiger partial charge on any atom is -0.380 e. The molecule has 1 fully saturated rings. The van der Waals surface area contributed by atoms with Crippen LogP contribution in [-0.4, -0.2) is 57.3 Å². The third kappa shape index (κ3) is 8.33. The fourth-order valence-corrected chi connectivity index (χ4v) is 7.57. The lowest BCUT2D eigenvalue weighted by Gasteiger charge is -2.29. The Morgan fingerprint density at radius 2 is 1.46 bits per heavy atom. The van der Waals surface area contributed by atoms with Crippen molar-refractivity contribution in [2.45, 2.75) is 69.4 Å². The first-order valence-corrected chi connectivity index (χ1v) is 18.6. The van der Waals surface area contributed by atoms with Gasteiger partial charge in [-0.15, -0.1) is 0 Å². The van der Waals surface area contributed by atoms with Crippen LogP contribution in [0.3, 0.4) is 0 Å². The fourth-order valence-electron chi connectivity index (χ4n) is 6.09. The number of halogens is 6. The fraction of sp³-hybridized carbons (Fsp3) is 0.395. The topological polar surface area (TPSA) is 107 Å². The summed E-state index contributed by atoms with van der Waals surface area (Å²) in [5, 5.41) is 2.90. The molecular weight excluding hydrogens is 738 g/mol. The average molecular weight is 779 g/mol. The molecule has 16 heteroatoms. The third-order valence-electron chi connectivity index (χ3n) is 9.28. The van der Waals surface area contributed by atoms with Gasteiger partial charge in [0.25, 0.3) is 10.9 Å². The lowest BCUT2D eigenvalue weighted by Crippen LogP contribution is -2.44. The minimum atomic E-state index is -5.70. The van der Waals surface area contributed by atoms with Gasteiger partial charge < -0.3 is 15.1 Å². The van der Waals surface area contributed by atoms with Crippen LogP contribution in [0.15, 0.2) is 56.9 Å². The first-order chi connectivity index (χ1) is 25.2. The van der Waals surface area contributed by atoms with Gasteiger partial charge in [-0.1, -0.05) is 57.2 Å². The summed E-state index contributed by atoms with van der Waals surface area (Å²) in [6.07, 6.45) is 2.12. The second-order valence-corrected chi connectivity index (χ2v) is 16.5. The molecule has 0 bridgehead atoms. The maximum Gasteiger partial charge on any atom is 0.253 e. The zero-order valence-corrected chi connectivity index (χ0v) is 31.2. The largest absolute Gasteiger partial charge is 0.380 e. The number of nitrogens with zero attached hydrogens (tertiary/aromatic N) is 3. The molecule has 9 nitrogen and oxygen atoms in total. The van der Waals surface area contributed by atoms with Gasteiger partial charge in [0.05, 0.1) is 6.54 Å². The molecule has 0 spiro atoms. The number of nitrogens with one attached hydrogen (secondary N) is 1. The quantitative estimate of drug-likeness (QED) is 0.0513. The molecule has 0 aromatic heterocycles. The van der Waals surface area contributed by atoms with Crippen molar-refractivity contribution in [1.29, 1.82) is 0 Å². The normalized spacial score (nSPS) is 13.5. The molecule has 1 saturated carbocycles. The average Bonchev–Trinajstić information content (AvgIpc) is 3.96. The van der Waals surface area contributed by atoms with Crippen molar-refractivity contribution >= 4 is 27.3 Å². The second kappa shape index (κ2) is 15.6. The molecule has 4 aromatic carbocycles. The van der Waals surface area contributed by atoms with E-state index in [1.165, 1.54) is 21.9 Å². The molecule has 0 atom stereocenters. The van der Waals surface area contributed by atoms with Gasteiger partial charge in [0.1, 0.15) is 17.2 Å². The molecule has 0 heterocycles. The van der Waals surface area contributed by atoms with E-state index in [4.69, 9.17) is 0 Å². The number of carbonyl (C=O) groups excluding carboxylic acids is 1. The standard InChI is InChI=1S/C38H40F6N4O5S/c1-38(2,3)25-16-21(15-24(17-25)22-11-12-22)18-47(14-8-13-45-33-34(46(4)5)36(51)35(33)50)27(49)20-48(19-23-9-6-7-10-26(23)39)54(52,53)37-31(43)29(41)28(40)30(42)32(37)44/h6-7,9-10,15-17,22,45H,8,11-14,18-20H2,1-5H3. The van der Waals surface area contributed by atoms with Crippen molar-refractivity contribution in [1.82, 2.24) is 9.21 Å². The molecule has 0 saturated heterocycles. The summed E-state index contributed by atoms with van der Waals surface area (Å²) in [7, 11) is -2.52. The van der Waals surface area contributed by atoms with Crippen LogP contribution in [0.4, 0.5) is 37.7 Å². The number of sulfonamides is 1. The zero-order chi connectivity index (χ0) is 39.9. The summed E-state index contributed by atoms with van der Waals surface area (Å²) >= 11 is 0. The summed E-state index contributed by atoms with van der Waals surface area (Å²) in [6, 6.07) is 10.7. The summed E-state index contributed by atoms with van der Waals surface area (Å²) < 4.78 is 115. The Hall–Kier alpha value is -4.70. The van der Waals surface area contributed by atoms with Crippen molar-refractivity contribution in [2.75, 3.05) is 43.9 Å². The van der Waals surface area contributed by atoms with E-state index in [-0.39, 0.29) is 52.7 Å². The number of hydrogen-bond acceptors (Lipinski definition) is 7. The van der Waals surface area contributed by atoms with Gasteiger partial charge in [-0.25, -0.2) is 34.8 Å². The van der Waals surface area contributed by atoms with Crippen molar-refractivity contribution in [3.63, 3.8) is 0 Å². The van der Waals surface area contributed by atoms with Crippen LogP contribution in [0.5, 0.6) is 0 Å². The van der Waals surface area contributed by atoms with Gasteiger partial charge in [-0.05, 0) is 53.4 Å². The molecule has 54 heavy (non-hydrogen) atoms. The van der Waals surface area contributed by atoms with Gasteiger partial charge in [0.2, 0.25) is 21.7 Å². The number of benzene rings is 3. The number of anilines is 2. The Balaban J connectivity index is 1.51. The lowest BCUT2D eigenvalue weighted by atomic mass is 9.84. The molecule has 1 aliphatic rings. The minimum absolute atomic E-state index is 0.0762. The van der Waals surface area contributed by atoms with Gasteiger partial charge in [0, 0.05) is 45.8 Å². The van der Waals surface area contributed by atoms with Crippen LogP contribution in [0.2, 0.25) is 0 Å². The molecule has 0 aliphatic heterocycles.